The predicted molar refractivity (Wildman–Crippen MR) is 57.0 cm³/mol. The van der Waals surface area contributed by atoms with E-state index in [9.17, 15) is 4.79 Å². The summed E-state index contributed by atoms with van der Waals surface area (Å²) in [5.74, 6) is 0. The van der Waals surface area contributed by atoms with Crippen LogP contribution in [0.3, 0.4) is 0 Å². The first kappa shape index (κ1) is 9.59. The largest absolute Gasteiger partial charge is 0.285 e. The number of hydrogen-bond donors (Lipinski definition) is 0. The SMILES string of the molecule is O=[C]c1ccc[n+](Cc2ccccc2)c1. The van der Waals surface area contributed by atoms with Crippen molar-refractivity contribution in [3.8, 4) is 0 Å². The van der Waals surface area contributed by atoms with Crippen LogP contribution in [0.25, 0.3) is 0 Å². The van der Waals surface area contributed by atoms with E-state index in [-0.39, 0.29) is 0 Å². The molecule has 2 nitrogen and oxygen atoms in total. The number of aromatic nitrogens is 1. The lowest BCUT2D eigenvalue weighted by molar-refractivity contribution is -0.688. The highest BCUT2D eigenvalue weighted by atomic mass is 16.1. The minimum atomic E-state index is 0.577. The van der Waals surface area contributed by atoms with E-state index >= 15 is 0 Å². The number of carbonyl (C=O) groups excluding carboxylic acids is 1. The maximum Gasteiger partial charge on any atom is 0.239 e. The maximum atomic E-state index is 10.5. The first-order valence-corrected chi connectivity index (χ1v) is 4.80. The number of pyridine rings is 1. The molecule has 1 radical (unpaired) electrons. The van der Waals surface area contributed by atoms with Gasteiger partial charge in [0.2, 0.25) is 6.29 Å². The van der Waals surface area contributed by atoms with Gasteiger partial charge >= 0.3 is 0 Å². The minimum absolute atomic E-state index is 0.577. The first-order chi connectivity index (χ1) is 7.38. The third kappa shape index (κ3) is 2.50. The Balaban J connectivity index is 2.21. The molecule has 0 aliphatic rings. The summed E-state index contributed by atoms with van der Waals surface area (Å²) in [7, 11) is 0. The first-order valence-electron chi connectivity index (χ1n) is 4.80. The number of rotatable bonds is 3. The minimum Gasteiger partial charge on any atom is -0.285 e. The molecule has 0 fully saturated rings. The van der Waals surface area contributed by atoms with E-state index < -0.39 is 0 Å². The van der Waals surface area contributed by atoms with Crippen molar-refractivity contribution >= 4 is 6.29 Å². The summed E-state index contributed by atoms with van der Waals surface area (Å²) in [5, 5.41) is 0. The smallest absolute Gasteiger partial charge is 0.239 e. The summed E-state index contributed by atoms with van der Waals surface area (Å²) in [5.41, 5.74) is 1.79. The summed E-state index contributed by atoms with van der Waals surface area (Å²) in [6.45, 7) is 0.774. The third-order valence-corrected chi connectivity index (χ3v) is 2.18. The van der Waals surface area contributed by atoms with Crippen LogP contribution in [0.1, 0.15) is 11.1 Å². The van der Waals surface area contributed by atoms with E-state index in [1.165, 1.54) is 5.56 Å². The van der Waals surface area contributed by atoms with Gasteiger partial charge in [0.15, 0.2) is 18.9 Å². The molecule has 0 N–H and O–H groups in total. The van der Waals surface area contributed by atoms with Gasteiger partial charge in [-0.25, -0.2) is 4.57 Å². The number of nitrogens with zero attached hydrogens (tertiary/aromatic N) is 1. The molecule has 0 spiro atoms. The molecule has 0 aliphatic carbocycles. The molecule has 2 rings (SSSR count). The Morgan fingerprint density at radius 2 is 1.87 bits per heavy atom. The molecule has 0 atom stereocenters. The molecule has 0 bridgehead atoms. The molecule has 0 saturated carbocycles. The van der Waals surface area contributed by atoms with E-state index in [1.54, 1.807) is 12.3 Å². The lowest BCUT2D eigenvalue weighted by atomic mass is 10.2. The van der Waals surface area contributed by atoms with Gasteiger partial charge in [-0.2, -0.15) is 0 Å². The highest BCUT2D eigenvalue weighted by Crippen LogP contribution is 1.97. The standard InChI is InChI=1S/C13H11NO/c15-11-13-7-4-8-14(10-13)9-12-5-2-1-3-6-12/h1-8,10H,9H2/q+1. The van der Waals surface area contributed by atoms with Gasteiger partial charge in [0.1, 0.15) is 0 Å². The van der Waals surface area contributed by atoms with Crippen LogP contribution in [0.5, 0.6) is 0 Å². The lowest BCUT2D eigenvalue weighted by Crippen LogP contribution is -2.33. The van der Waals surface area contributed by atoms with Crippen molar-refractivity contribution in [1.29, 1.82) is 0 Å². The van der Waals surface area contributed by atoms with Crippen molar-refractivity contribution in [2.45, 2.75) is 6.54 Å². The summed E-state index contributed by atoms with van der Waals surface area (Å²) < 4.78 is 1.97. The van der Waals surface area contributed by atoms with Gasteiger partial charge in [0.05, 0.1) is 5.56 Å². The Hall–Kier alpha value is -1.96. The van der Waals surface area contributed by atoms with E-state index in [4.69, 9.17) is 0 Å². The Morgan fingerprint density at radius 3 is 2.60 bits per heavy atom. The molecule has 0 aliphatic heterocycles. The topological polar surface area (TPSA) is 20.9 Å². The Kier molecular flexibility index (Phi) is 2.88. The molecule has 2 heteroatoms. The van der Waals surface area contributed by atoms with Crippen molar-refractivity contribution in [1.82, 2.24) is 0 Å². The average molecular weight is 197 g/mol. The molecule has 73 valence electrons. The quantitative estimate of drug-likeness (QED) is 0.683. The summed E-state index contributed by atoms with van der Waals surface area (Å²) in [6, 6.07) is 13.7. The van der Waals surface area contributed by atoms with Crippen LogP contribution in [0.15, 0.2) is 54.9 Å². The fourth-order valence-electron chi connectivity index (χ4n) is 1.47. The van der Waals surface area contributed by atoms with Crippen LogP contribution >= 0.6 is 0 Å². The molecule has 1 heterocycles. The van der Waals surface area contributed by atoms with Gasteiger partial charge in [-0.05, 0) is 6.07 Å². The molecule has 0 saturated heterocycles. The Bertz CT molecular complexity index is 451. The summed E-state index contributed by atoms with van der Waals surface area (Å²) in [6.07, 6.45) is 5.61. The molecule has 2 aromatic rings. The second-order valence-corrected chi connectivity index (χ2v) is 3.35. The monoisotopic (exact) mass is 197 g/mol. The maximum absolute atomic E-state index is 10.5. The zero-order valence-corrected chi connectivity index (χ0v) is 8.26. The van der Waals surface area contributed by atoms with Crippen LogP contribution in [0.4, 0.5) is 0 Å². The van der Waals surface area contributed by atoms with Gasteiger partial charge in [0.25, 0.3) is 0 Å². The van der Waals surface area contributed by atoms with Gasteiger partial charge < -0.3 is 0 Å². The predicted octanol–water partition coefficient (Wildman–Crippen LogP) is 1.48. The van der Waals surface area contributed by atoms with Crippen molar-refractivity contribution in [2.24, 2.45) is 0 Å². The Morgan fingerprint density at radius 1 is 1.07 bits per heavy atom. The third-order valence-electron chi connectivity index (χ3n) is 2.18. The van der Waals surface area contributed by atoms with E-state index in [1.807, 2.05) is 41.3 Å². The molecular formula is C13H11NO+. The lowest BCUT2D eigenvalue weighted by Gasteiger charge is -1.97. The second kappa shape index (κ2) is 4.51. The van der Waals surface area contributed by atoms with Gasteiger partial charge in [0, 0.05) is 11.6 Å². The number of hydrogen-bond acceptors (Lipinski definition) is 1. The normalized spacial score (nSPS) is 9.87. The van der Waals surface area contributed by atoms with E-state index in [2.05, 4.69) is 12.1 Å². The van der Waals surface area contributed by atoms with Gasteiger partial charge in [-0.3, -0.25) is 4.79 Å². The molecule has 15 heavy (non-hydrogen) atoms. The highest BCUT2D eigenvalue weighted by Gasteiger charge is 2.03. The van der Waals surface area contributed by atoms with Crippen LogP contribution in [0, 0.1) is 0 Å². The molecule has 1 aromatic carbocycles. The summed E-state index contributed by atoms with van der Waals surface area (Å²) >= 11 is 0. The van der Waals surface area contributed by atoms with Crippen molar-refractivity contribution in [3.63, 3.8) is 0 Å². The fraction of sp³-hybridized carbons (Fsp3) is 0.0769. The number of benzene rings is 1. The van der Waals surface area contributed by atoms with E-state index in [0.29, 0.717) is 5.56 Å². The van der Waals surface area contributed by atoms with Crippen molar-refractivity contribution in [2.75, 3.05) is 0 Å². The van der Waals surface area contributed by atoms with Crippen LogP contribution in [-0.4, -0.2) is 6.29 Å². The van der Waals surface area contributed by atoms with Gasteiger partial charge in [-0.15, -0.1) is 0 Å². The van der Waals surface area contributed by atoms with Crippen molar-refractivity contribution in [3.05, 3.63) is 66.0 Å². The second-order valence-electron chi connectivity index (χ2n) is 3.35. The van der Waals surface area contributed by atoms with Crippen LogP contribution in [0.2, 0.25) is 0 Å². The van der Waals surface area contributed by atoms with Crippen LogP contribution < -0.4 is 4.57 Å². The van der Waals surface area contributed by atoms with Gasteiger partial charge in [-0.1, -0.05) is 30.3 Å². The van der Waals surface area contributed by atoms with Crippen molar-refractivity contribution < 1.29 is 9.36 Å². The molecular weight excluding hydrogens is 186 g/mol. The Labute approximate surface area is 88.8 Å². The average Bonchev–Trinajstić information content (AvgIpc) is 2.31. The summed E-state index contributed by atoms with van der Waals surface area (Å²) in [4.78, 5) is 10.5. The highest BCUT2D eigenvalue weighted by molar-refractivity contribution is 5.73. The molecule has 0 amide bonds. The molecule has 0 unspecified atom stereocenters. The molecule has 1 aromatic heterocycles. The van der Waals surface area contributed by atoms with E-state index in [0.717, 1.165) is 6.54 Å². The zero-order chi connectivity index (χ0) is 10.5. The van der Waals surface area contributed by atoms with Crippen LogP contribution in [-0.2, 0) is 11.3 Å². The zero-order valence-electron chi connectivity index (χ0n) is 8.26. The fourth-order valence-corrected chi connectivity index (χ4v) is 1.47.